The molecule has 4 nitrogen and oxygen atoms in total. The molecule has 1 amide bonds. The topological polar surface area (TPSA) is 54.0 Å². The SMILES string of the molecule is Cc1cccc(CNC(=O)c2ccc(NC3CCCC3)cn2)c1. The second kappa shape index (κ2) is 7.27. The van der Waals surface area contributed by atoms with Gasteiger partial charge in [-0.2, -0.15) is 0 Å². The lowest BCUT2D eigenvalue weighted by Crippen LogP contribution is -2.24. The third kappa shape index (κ3) is 4.31. The van der Waals surface area contributed by atoms with E-state index in [4.69, 9.17) is 0 Å². The van der Waals surface area contributed by atoms with Gasteiger partial charge in [0.1, 0.15) is 5.69 Å². The Morgan fingerprint density at radius 3 is 2.74 bits per heavy atom. The van der Waals surface area contributed by atoms with Crippen molar-refractivity contribution in [3.05, 3.63) is 59.4 Å². The molecule has 3 rings (SSSR count). The van der Waals surface area contributed by atoms with Crippen LogP contribution in [0.25, 0.3) is 0 Å². The van der Waals surface area contributed by atoms with Crippen LogP contribution < -0.4 is 10.6 Å². The lowest BCUT2D eigenvalue weighted by atomic mass is 10.1. The zero-order chi connectivity index (χ0) is 16.1. The first-order valence-electron chi connectivity index (χ1n) is 8.27. The van der Waals surface area contributed by atoms with Crippen molar-refractivity contribution in [2.45, 2.75) is 45.2 Å². The van der Waals surface area contributed by atoms with Gasteiger partial charge in [0.15, 0.2) is 0 Å². The molecule has 1 aromatic heterocycles. The maximum atomic E-state index is 12.2. The van der Waals surface area contributed by atoms with Crippen molar-refractivity contribution in [1.82, 2.24) is 10.3 Å². The van der Waals surface area contributed by atoms with E-state index < -0.39 is 0 Å². The summed E-state index contributed by atoms with van der Waals surface area (Å²) in [5.41, 5.74) is 3.73. The Labute approximate surface area is 137 Å². The van der Waals surface area contributed by atoms with E-state index in [0.29, 0.717) is 18.3 Å². The highest BCUT2D eigenvalue weighted by atomic mass is 16.1. The summed E-state index contributed by atoms with van der Waals surface area (Å²) >= 11 is 0. The number of hydrogen-bond donors (Lipinski definition) is 2. The molecule has 0 saturated heterocycles. The lowest BCUT2D eigenvalue weighted by molar-refractivity contribution is 0.0946. The van der Waals surface area contributed by atoms with E-state index in [1.807, 2.05) is 31.2 Å². The van der Waals surface area contributed by atoms with Crippen molar-refractivity contribution in [3.8, 4) is 0 Å². The van der Waals surface area contributed by atoms with Gasteiger partial charge in [-0.05, 0) is 37.5 Å². The molecule has 0 aliphatic heterocycles. The number of aryl methyl sites for hydroxylation is 1. The van der Waals surface area contributed by atoms with Crippen molar-refractivity contribution in [3.63, 3.8) is 0 Å². The molecule has 0 bridgehead atoms. The van der Waals surface area contributed by atoms with Gasteiger partial charge in [0.25, 0.3) is 5.91 Å². The highest BCUT2D eigenvalue weighted by molar-refractivity contribution is 5.92. The summed E-state index contributed by atoms with van der Waals surface area (Å²) in [6, 6.07) is 12.4. The van der Waals surface area contributed by atoms with Crippen LogP contribution in [-0.2, 0) is 6.54 Å². The van der Waals surface area contributed by atoms with Gasteiger partial charge in [-0.3, -0.25) is 4.79 Å². The third-order valence-electron chi connectivity index (χ3n) is 4.26. The molecular formula is C19H23N3O. The number of amides is 1. The molecule has 1 heterocycles. The molecule has 2 aromatic rings. The number of carbonyl (C=O) groups is 1. The van der Waals surface area contributed by atoms with Gasteiger partial charge >= 0.3 is 0 Å². The number of rotatable bonds is 5. The van der Waals surface area contributed by atoms with Gasteiger partial charge in [-0.25, -0.2) is 4.98 Å². The maximum absolute atomic E-state index is 12.2. The summed E-state index contributed by atoms with van der Waals surface area (Å²) in [6.45, 7) is 2.56. The normalized spacial score (nSPS) is 14.7. The molecule has 1 aliphatic rings. The van der Waals surface area contributed by atoms with E-state index in [9.17, 15) is 4.79 Å². The predicted molar refractivity (Wildman–Crippen MR) is 92.5 cm³/mol. The first-order valence-corrected chi connectivity index (χ1v) is 8.27. The molecule has 2 N–H and O–H groups in total. The molecule has 0 spiro atoms. The molecule has 1 aliphatic carbocycles. The van der Waals surface area contributed by atoms with E-state index in [-0.39, 0.29) is 5.91 Å². The molecule has 0 atom stereocenters. The highest BCUT2D eigenvalue weighted by Crippen LogP contribution is 2.21. The standard InChI is InChI=1S/C19H23N3O/c1-14-5-4-6-15(11-14)12-21-19(23)18-10-9-17(13-20-18)22-16-7-2-3-8-16/h4-6,9-11,13,16,22H,2-3,7-8,12H2,1H3,(H,21,23). The van der Waals surface area contributed by atoms with E-state index in [0.717, 1.165) is 11.3 Å². The van der Waals surface area contributed by atoms with E-state index in [2.05, 4.69) is 21.7 Å². The molecule has 1 saturated carbocycles. The molecule has 1 aromatic carbocycles. The molecule has 0 unspecified atom stereocenters. The Bertz CT molecular complexity index is 661. The molecule has 23 heavy (non-hydrogen) atoms. The van der Waals surface area contributed by atoms with Crippen molar-refractivity contribution < 1.29 is 4.79 Å². The Morgan fingerprint density at radius 1 is 1.22 bits per heavy atom. The monoisotopic (exact) mass is 309 g/mol. The molecule has 0 radical (unpaired) electrons. The highest BCUT2D eigenvalue weighted by Gasteiger charge is 2.14. The van der Waals surface area contributed by atoms with E-state index >= 15 is 0 Å². The largest absolute Gasteiger partial charge is 0.381 e. The van der Waals surface area contributed by atoms with Crippen LogP contribution in [0.4, 0.5) is 5.69 Å². The van der Waals surface area contributed by atoms with Gasteiger partial charge < -0.3 is 10.6 Å². The third-order valence-corrected chi connectivity index (χ3v) is 4.26. The molecular weight excluding hydrogens is 286 g/mol. The zero-order valence-corrected chi connectivity index (χ0v) is 13.5. The number of aromatic nitrogens is 1. The summed E-state index contributed by atoms with van der Waals surface area (Å²) in [6.07, 6.45) is 6.78. The minimum Gasteiger partial charge on any atom is -0.381 e. The molecule has 4 heteroatoms. The van der Waals surface area contributed by atoms with Crippen molar-refractivity contribution in [1.29, 1.82) is 0 Å². The van der Waals surface area contributed by atoms with Gasteiger partial charge in [-0.15, -0.1) is 0 Å². The summed E-state index contributed by atoms with van der Waals surface area (Å²) in [4.78, 5) is 16.4. The van der Waals surface area contributed by atoms with Gasteiger partial charge in [-0.1, -0.05) is 42.7 Å². The minimum atomic E-state index is -0.140. The zero-order valence-electron chi connectivity index (χ0n) is 13.5. The Balaban J connectivity index is 1.54. The van der Waals surface area contributed by atoms with Gasteiger partial charge in [0, 0.05) is 12.6 Å². The number of hydrogen-bond acceptors (Lipinski definition) is 3. The van der Waals surface area contributed by atoms with Crippen LogP contribution in [0.3, 0.4) is 0 Å². The van der Waals surface area contributed by atoms with Crippen LogP contribution in [0.15, 0.2) is 42.6 Å². The fraction of sp³-hybridized carbons (Fsp3) is 0.368. The number of pyridine rings is 1. The average Bonchev–Trinajstić information content (AvgIpc) is 3.06. The van der Waals surface area contributed by atoms with Crippen LogP contribution in [0.2, 0.25) is 0 Å². The van der Waals surface area contributed by atoms with Crippen LogP contribution in [0.1, 0.15) is 47.3 Å². The number of nitrogens with zero attached hydrogens (tertiary/aromatic N) is 1. The number of anilines is 1. The van der Waals surface area contributed by atoms with E-state index in [1.165, 1.54) is 31.2 Å². The minimum absolute atomic E-state index is 0.140. The van der Waals surface area contributed by atoms with Crippen molar-refractivity contribution in [2.24, 2.45) is 0 Å². The maximum Gasteiger partial charge on any atom is 0.270 e. The average molecular weight is 309 g/mol. The Morgan fingerprint density at radius 2 is 2.04 bits per heavy atom. The van der Waals surface area contributed by atoms with Crippen molar-refractivity contribution in [2.75, 3.05) is 5.32 Å². The number of carbonyl (C=O) groups excluding carboxylic acids is 1. The van der Waals surface area contributed by atoms with Crippen LogP contribution in [0, 0.1) is 6.92 Å². The lowest BCUT2D eigenvalue weighted by Gasteiger charge is -2.13. The predicted octanol–water partition coefficient (Wildman–Crippen LogP) is 3.67. The molecule has 1 fully saturated rings. The van der Waals surface area contributed by atoms with E-state index in [1.54, 1.807) is 12.3 Å². The fourth-order valence-electron chi connectivity index (χ4n) is 3.01. The summed E-state index contributed by atoms with van der Waals surface area (Å²) in [5, 5.41) is 6.39. The summed E-state index contributed by atoms with van der Waals surface area (Å²) in [5.74, 6) is -0.140. The first kappa shape index (κ1) is 15.5. The summed E-state index contributed by atoms with van der Waals surface area (Å²) in [7, 11) is 0. The quantitative estimate of drug-likeness (QED) is 0.886. The van der Waals surface area contributed by atoms with Crippen LogP contribution in [-0.4, -0.2) is 16.9 Å². The van der Waals surface area contributed by atoms with Gasteiger partial charge in [0.2, 0.25) is 0 Å². The van der Waals surface area contributed by atoms with Crippen LogP contribution in [0.5, 0.6) is 0 Å². The Hall–Kier alpha value is -2.36. The number of nitrogens with one attached hydrogen (secondary N) is 2. The molecule has 120 valence electrons. The number of benzene rings is 1. The Kier molecular flexibility index (Phi) is 4.91. The second-order valence-corrected chi connectivity index (χ2v) is 6.23. The summed E-state index contributed by atoms with van der Waals surface area (Å²) < 4.78 is 0. The fourth-order valence-corrected chi connectivity index (χ4v) is 3.01. The van der Waals surface area contributed by atoms with Crippen molar-refractivity contribution >= 4 is 11.6 Å². The van der Waals surface area contributed by atoms with Crippen LogP contribution >= 0.6 is 0 Å². The smallest absolute Gasteiger partial charge is 0.270 e. The second-order valence-electron chi connectivity index (χ2n) is 6.23. The van der Waals surface area contributed by atoms with Gasteiger partial charge in [0.05, 0.1) is 11.9 Å². The first-order chi connectivity index (χ1) is 11.2.